The molecular formula is C15H26N2OS2. The molecule has 0 bridgehead atoms. The van der Waals surface area contributed by atoms with E-state index in [2.05, 4.69) is 39.0 Å². The van der Waals surface area contributed by atoms with E-state index in [0.29, 0.717) is 6.04 Å². The molecule has 20 heavy (non-hydrogen) atoms. The van der Waals surface area contributed by atoms with Gasteiger partial charge in [0.2, 0.25) is 0 Å². The van der Waals surface area contributed by atoms with Gasteiger partial charge in [-0.15, -0.1) is 0 Å². The first-order chi connectivity index (χ1) is 9.38. The van der Waals surface area contributed by atoms with Crippen molar-refractivity contribution in [3.63, 3.8) is 0 Å². The topological polar surface area (TPSA) is 36.4 Å². The van der Waals surface area contributed by atoms with Gasteiger partial charge < -0.3 is 10.0 Å². The number of aliphatic hydroxyl groups is 1. The summed E-state index contributed by atoms with van der Waals surface area (Å²) in [4.78, 5) is 8.20. The van der Waals surface area contributed by atoms with Crippen molar-refractivity contribution >= 4 is 28.2 Å². The highest BCUT2D eigenvalue weighted by Gasteiger charge is 2.34. The van der Waals surface area contributed by atoms with Crippen molar-refractivity contribution in [3.05, 3.63) is 10.6 Å². The third-order valence-electron chi connectivity index (χ3n) is 4.09. The summed E-state index contributed by atoms with van der Waals surface area (Å²) >= 11 is 3.56. The second-order valence-electron chi connectivity index (χ2n) is 6.50. The van der Waals surface area contributed by atoms with Gasteiger partial charge in [-0.3, -0.25) is 0 Å². The van der Waals surface area contributed by atoms with Gasteiger partial charge in [-0.05, 0) is 30.9 Å². The fourth-order valence-corrected chi connectivity index (χ4v) is 4.83. The van der Waals surface area contributed by atoms with E-state index in [1.165, 1.54) is 0 Å². The number of aliphatic hydroxyl groups excluding tert-OH is 1. The minimum absolute atomic E-state index is 0.153. The lowest BCUT2D eigenvalue weighted by Gasteiger charge is -2.31. The Morgan fingerprint density at radius 3 is 2.85 bits per heavy atom. The largest absolute Gasteiger partial charge is 0.387 e. The van der Waals surface area contributed by atoms with Crippen molar-refractivity contribution < 1.29 is 5.11 Å². The van der Waals surface area contributed by atoms with E-state index in [1.54, 1.807) is 11.3 Å². The zero-order chi connectivity index (χ0) is 14.9. The van der Waals surface area contributed by atoms with Crippen molar-refractivity contribution in [1.82, 2.24) is 4.98 Å². The van der Waals surface area contributed by atoms with E-state index in [-0.39, 0.29) is 11.5 Å². The van der Waals surface area contributed by atoms with Gasteiger partial charge in [-0.25, -0.2) is 4.98 Å². The molecule has 1 heterocycles. The van der Waals surface area contributed by atoms with E-state index in [1.807, 2.05) is 11.8 Å². The molecule has 5 heteroatoms. The standard InChI is InChI=1S/C15H26N2OS2/c1-6-10(9-19-5)17(4)14-16-11-7-15(2,3)8-12(18)13(11)20-14/h10,12,18H,6-9H2,1-5H3. The molecule has 0 fully saturated rings. The molecule has 0 aromatic carbocycles. The Morgan fingerprint density at radius 2 is 2.25 bits per heavy atom. The lowest BCUT2D eigenvalue weighted by Crippen LogP contribution is -2.33. The molecule has 2 unspecified atom stereocenters. The molecule has 0 saturated heterocycles. The summed E-state index contributed by atoms with van der Waals surface area (Å²) in [5.41, 5.74) is 1.26. The molecule has 1 aliphatic carbocycles. The Hall–Kier alpha value is -0.260. The Morgan fingerprint density at radius 1 is 1.55 bits per heavy atom. The molecule has 0 amide bonds. The maximum atomic E-state index is 10.3. The van der Waals surface area contributed by atoms with Gasteiger partial charge in [0.05, 0.1) is 16.7 Å². The molecule has 0 saturated carbocycles. The molecule has 1 aliphatic rings. The van der Waals surface area contributed by atoms with Gasteiger partial charge in [-0.2, -0.15) is 11.8 Å². The van der Waals surface area contributed by atoms with E-state index in [9.17, 15) is 5.11 Å². The molecule has 2 atom stereocenters. The summed E-state index contributed by atoms with van der Waals surface area (Å²) in [6, 6.07) is 0.516. The number of thioether (sulfide) groups is 1. The first-order valence-corrected chi connectivity index (χ1v) is 9.48. The molecule has 1 aromatic rings. The molecule has 114 valence electrons. The number of nitrogens with zero attached hydrogens (tertiary/aromatic N) is 2. The second-order valence-corrected chi connectivity index (χ2v) is 8.42. The van der Waals surface area contributed by atoms with Crippen LogP contribution < -0.4 is 4.90 Å². The van der Waals surface area contributed by atoms with Crippen LogP contribution in [0.4, 0.5) is 5.13 Å². The van der Waals surface area contributed by atoms with Crippen LogP contribution in [0.1, 0.15) is 50.3 Å². The molecule has 0 radical (unpaired) electrons. The first kappa shape index (κ1) is 16.1. The number of anilines is 1. The quantitative estimate of drug-likeness (QED) is 0.898. The highest BCUT2D eigenvalue weighted by atomic mass is 32.2. The van der Waals surface area contributed by atoms with E-state index in [4.69, 9.17) is 4.98 Å². The van der Waals surface area contributed by atoms with Crippen molar-refractivity contribution in [3.8, 4) is 0 Å². The van der Waals surface area contributed by atoms with Gasteiger partial charge in [0.25, 0.3) is 0 Å². The van der Waals surface area contributed by atoms with Gasteiger partial charge in [-0.1, -0.05) is 32.1 Å². The first-order valence-electron chi connectivity index (χ1n) is 7.27. The summed E-state index contributed by atoms with van der Waals surface area (Å²) in [6.07, 6.45) is 4.75. The number of hydrogen-bond acceptors (Lipinski definition) is 5. The van der Waals surface area contributed by atoms with Crippen LogP contribution in [0.2, 0.25) is 0 Å². The Balaban J connectivity index is 2.24. The summed E-state index contributed by atoms with van der Waals surface area (Å²) in [6.45, 7) is 6.65. The molecule has 2 rings (SSSR count). The average molecular weight is 315 g/mol. The highest BCUT2D eigenvalue weighted by molar-refractivity contribution is 7.98. The van der Waals surface area contributed by atoms with Crippen LogP contribution >= 0.6 is 23.1 Å². The lowest BCUT2D eigenvalue weighted by molar-refractivity contribution is 0.102. The molecular weight excluding hydrogens is 288 g/mol. The fraction of sp³-hybridized carbons (Fsp3) is 0.800. The molecule has 0 aliphatic heterocycles. The Bertz CT molecular complexity index is 459. The zero-order valence-corrected chi connectivity index (χ0v) is 14.8. The van der Waals surface area contributed by atoms with Crippen LogP contribution in [0.3, 0.4) is 0 Å². The molecule has 1 N–H and O–H groups in total. The van der Waals surface area contributed by atoms with Crippen LogP contribution in [-0.4, -0.2) is 35.2 Å². The highest BCUT2D eigenvalue weighted by Crippen LogP contribution is 2.44. The minimum Gasteiger partial charge on any atom is -0.387 e. The van der Waals surface area contributed by atoms with Gasteiger partial charge in [0.1, 0.15) is 0 Å². The predicted molar refractivity (Wildman–Crippen MR) is 90.0 cm³/mol. The van der Waals surface area contributed by atoms with Gasteiger partial charge >= 0.3 is 0 Å². The molecule has 0 spiro atoms. The number of fused-ring (bicyclic) bond motifs is 1. The van der Waals surface area contributed by atoms with Gasteiger partial charge in [0, 0.05) is 18.8 Å². The van der Waals surface area contributed by atoms with Crippen molar-refractivity contribution in [2.45, 2.75) is 52.2 Å². The SMILES string of the molecule is CCC(CSC)N(C)c1nc2c(s1)C(O)CC(C)(C)C2. The summed E-state index contributed by atoms with van der Waals surface area (Å²) in [5.74, 6) is 1.12. The van der Waals surface area contributed by atoms with Crippen LogP contribution in [0, 0.1) is 5.41 Å². The van der Waals surface area contributed by atoms with Gasteiger partial charge in [0.15, 0.2) is 5.13 Å². The predicted octanol–water partition coefficient (Wildman–Crippen LogP) is 3.73. The minimum atomic E-state index is -0.339. The zero-order valence-electron chi connectivity index (χ0n) is 13.1. The number of aromatic nitrogens is 1. The fourth-order valence-electron chi connectivity index (χ4n) is 2.88. The van der Waals surface area contributed by atoms with Crippen LogP contribution in [-0.2, 0) is 6.42 Å². The van der Waals surface area contributed by atoms with Crippen LogP contribution in [0.25, 0.3) is 0 Å². The van der Waals surface area contributed by atoms with E-state index >= 15 is 0 Å². The monoisotopic (exact) mass is 314 g/mol. The smallest absolute Gasteiger partial charge is 0.185 e. The molecule has 3 nitrogen and oxygen atoms in total. The van der Waals surface area contributed by atoms with Crippen molar-refractivity contribution in [2.24, 2.45) is 5.41 Å². The Labute approximate surface area is 130 Å². The second kappa shape index (κ2) is 6.24. The van der Waals surface area contributed by atoms with E-state index < -0.39 is 0 Å². The lowest BCUT2D eigenvalue weighted by atomic mass is 9.77. The van der Waals surface area contributed by atoms with E-state index in [0.717, 1.165) is 40.7 Å². The van der Waals surface area contributed by atoms with Crippen molar-refractivity contribution in [1.29, 1.82) is 0 Å². The van der Waals surface area contributed by atoms with Crippen LogP contribution in [0.5, 0.6) is 0 Å². The average Bonchev–Trinajstić information content (AvgIpc) is 2.77. The number of rotatable bonds is 5. The Kier molecular flexibility index (Phi) is 5.03. The molecule has 1 aromatic heterocycles. The number of thiazole rings is 1. The van der Waals surface area contributed by atoms with Crippen molar-refractivity contribution in [2.75, 3.05) is 24.0 Å². The summed E-state index contributed by atoms with van der Waals surface area (Å²) in [7, 11) is 2.13. The summed E-state index contributed by atoms with van der Waals surface area (Å²) in [5, 5.41) is 11.4. The summed E-state index contributed by atoms with van der Waals surface area (Å²) < 4.78 is 0. The normalized spacial score (nSPS) is 22.4. The van der Waals surface area contributed by atoms with Crippen LogP contribution in [0.15, 0.2) is 0 Å². The number of hydrogen-bond donors (Lipinski definition) is 1. The third-order valence-corrected chi connectivity index (χ3v) is 6.10. The maximum Gasteiger partial charge on any atom is 0.185 e. The third kappa shape index (κ3) is 3.31. The maximum absolute atomic E-state index is 10.3.